The fraction of sp³-hybridized carbons (Fsp3) is 0.435. The molecule has 2 aliphatic rings. The lowest BCUT2D eigenvalue weighted by Gasteiger charge is -2.49. The number of carbonyl (C=O) groups excluding carboxylic acids is 1. The van der Waals surface area contributed by atoms with Crippen LogP contribution in [0.1, 0.15) is 19.4 Å². The number of benzene rings is 2. The third-order valence-electron chi connectivity index (χ3n) is 5.84. The van der Waals surface area contributed by atoms with Crippen LogP contribution in [0, 0.1) is 17.7 Å². The van der Waals surface area contributed by atoms with Gasteiger partial charge in [-0.05, 0) is 48.2 Å². The number of hydrogen-bond donors (Lipinski definition) is 1. The molecule has 2 atom stereocenters. The van der Waals surface area contributed by atoms with Gasteiger partial charge in [-0.2, -0.15) is 0 Å². The summed E-state index contributed by atoms with van der Waals surface area (Å²) in [4.78, 5) is 17.7. The number of anilines is 2. The molecule has 0 spiro atoms. The van der Waals surface area contributed by atoms with Crippen molar-refractivity contribution in [1.82, 2.24) is 5.32 Å². The number of rotatable bonds is 4. The molecule has 0 bridgehead atoms. The standard InChI is InChI=1S/C23H28FN3O/c1-16(2)14-25-23(28)20-13-17-5-3-4-6-21(17)27-12-11-26(15-22(20)27)19-9-7-18(24)8-10-19/h3-10,16,20,22H,11-15H2,1-2H3,(H,25,28)/t20-,22+/m1/s1. The van der Waals surface area contributed by atoms with Crippen molar-refractivity contribution < 1.29 is 9.18 Å². The Morgan fingerprint density at radius 3 is 2.64 bits per heavy atom. The van der Waals surface area contributed by atoms with Crippen molar-refractivity contribution in [3.63, 3.8) is 0 Å². The minimum Gasteiger partial charge on any atom is -0.368 e. The Hall–Kier alpha value is -2.56. The van der Waals surface area contributed by atoms with Gasteiger partial charge in [-0.1, -0.05) is 32.0 Å². The maximum atomic E-state index is 13.3. The van der Waals surface area contributed by atoms with E-state index in [1.807, 2.05) is 12.1 Å². The highest BCUT2D eigenvalue weighted by Crippen LogP contribution is 2.36. The molecule has 2 aromatic carbocycles. The number of piperazine rings is 1. The van der Waals surface area contributed by atoms with Gasteiger partial charge in [-0.15, -0.1) is 0 Å². The molecule has 1 N–H and O–H groups in total. The highest BCUT2D eigenvalue weighted by molar-refractivity contribution is 5.82. The molecule has 2 aliphatic heterocycles. The third kappa shape index (κ3) is 3.71. The number of nitrogens with zero attached hydrogens (tertiary/aromatic N) is 2. The zero-order valence-electron chi connectivity index (χ0n) is 16.6. The third-order valence-corrected chi connectivity index (χ3v) is 5.84. The van der Waals surface area contributed by atoms with Gasteiger partial charge in [-0.25, -0.2) is 4.39 Å². The van der Waals surface area contributed by atoms with Crippen molar-refractivity contribution in [3.05, 3.63) is 59.9 Å². The summed E-state index contributed by atoms with van der Waals surface area (Å²) in [6, 6.07) is 15.2. The first-order valence-electron chi connectivity index (χ1n) is 10.2. The molecule has 1 fully saturated rings. The van der Waals surface area contributed by atoms with Crippen LogP contribution in [-0.2, 0) is 11.2 Å². The lowest BCUT2D eigenvalue weighted by atomic mass is 9.83. The highest BCUT2D eigenvalue weighted by atomic mass is 19.1. The molecule has 0 saturated carbocycles. The molecular weight excluding hydrogens is 353 g/mol. The van der Waals surface area contributed by atoms with Gasteiger partial charge in [0.25, 0.3) is 0 Å². The molecule has 148 valence electrons. The Kier molecular flexibility index (Phi) is 5.25. The molecule has 28 heavy (non-hydrogen) atoms. The molecule has 4 nitrogen and oxygen atoms in total. The van der Waals surface area contributed by atoms with Crippen LogP contribution in [-0.4, -0.2) is 38.1 Å². The molecule has 5 heteroatoms. The fourth-order valence-electron chi connectivity index (χ4n) is 4.38. The second kappa shape index (κ2) is 7.82. The lowest BCUT2D eigenvalue weighted by Crippen LogP contribution is -2.61. The molecule has 0 aliphatic carbocycles. The molecular formula is C23H28FN3O. The Bertz CT molecular complexity index is 836. The average molecular weight is 381 g/mol. The van der Waals surface area contributed by atoms with E-state index in [1.165, 1.54) is 23.4 Å². The molecule has 1 saturated heterocycles. The van der Waals surface area contributed by atoms with Crippen molar-refractivity contribution in [2.45, 2.75) is 26.3 Å². The molecule has 0 unspecified atom stereocenters. The summed E-state index contributed by atoms with van der Waals surface area (Å²) >= 11 is 0. The quantitative estimate of drug-likeness (QED) is 0.881. The molecule has 0 radical (unpaired) electrons. The number of para-hydroxylation sites is 1. The van der Waals surface area contributed by atoms with Crippen molar-refractivity contribution in [2.24, 2.45) is 11.8 Å². The summed E-state index contributed by atoms with van der Waals surface area (Å²) in [5, 5.41) is 3.14. The number of halogens is 1. The largest absolute Gasteiger partial charge is 0.368 e. The van der Waals surface area contributed by atoms with E-state index < -0.39 is 0 Å². The van der Waals surface area contributed by atoms with E-state index in [1.54, 1.807) is 0 Å². The number of nitrogens with one attached hydrogen (secondary N) is 1. The van der Waals surface area contributed by atoms with Crippen LogP contribution in [0.3, 0.4) is 0 Å². The fourth-order valence-corrected chi connectivity index (χ4v) is 4.38. The summed E-state index contributed by atoms with van der Waals surface area (Å²) in [6.07, 6.45) is 0.762. The Morgan fingerprint density at radius 2 is 1.89 bits per heavy atom. The van der Waals surface area contributed by atoms with Gasteiger partial charge in [-0.3, -0.25) is 4.79 Å². The number of fused-ring (bicyclic) bond motifs is 3. The first-order valence-corrected chi connectivity index (χ1v) is 10.2. The number of carbonyl (C=O) groups is 1. The van der Waals surface area contributed by atoms with Gasteiger partial charge in [0, 0.05) is 37.6 Å². The van der Waals surface area contributed by atoms with Gasteiger partial charge in [0.1, 0.15) is 5.82 Å². The van der Waals surface area contributed by atoms with E-state index in [4.69, 9.17) is 0 Å². The average Bonchev–Trinajstić information content (AvgIpc) is 2.71. The van der Waals surface area contributed by atoms with Crippen LogP contribution in [0.2, 0.25) is 0 Å². The zero-order valence-corrected chi connectivity index (χ0v) is 16.6. The smallest absolute Gasteiger partial charge is 0.225 e. The first kappa shape index (κ1) is 18.8. The van der Waals surface area contributed by atoms with Crippen molar-refractivity contribution in [2.75, 3.05) is 36.0 Å². The summed E-state index contributed by atoms with van der Waals surface area (Å²) < 4.78 is 13.3. The Balaban J connectivity index is 1.61. The second-order valence-electron chi connectivity index (χ2n) is 8.26. The van der Waals surface area contributed by atoms with Gasteiger partial charge >= 0.3 is 0 Å². The Morgan fingerprint density at radius 1 is 1.14 bits per heavy atom. The van der Waals surface area contributed by atoms with Gasteiger partial charge in [0.15, 0.2) is 0 Å². The van der Waals surface area contributed by atoms with Crippen LogP contribution in [0.5, 0.6) is 0 Å². The summed E-state index contributed by atoms with van der Waals surface area (Å²) in [6.45, 7) is 7.40. The van der Waals surface area contributed by atoms with Gasteiger partial charge in [0.2, 0.25) is 5.91 Å². The normalized spacial score (nSPS) is 21.3. The van der Waals surface area contributed by atoms with E-state index in [0.717, 1.165) is 31.7 Å². The molecule has 2 aromatic rings. The summed E-state index contributed by atoms with van der Waals surface area (Å²) in [5.41, 5.74) is 3.51. The minimum absolute atomic E-state index is 0.0862. The molecule has 0 aromatic heterocycles. The minimum atomic E-state index is -0.222. The van der Waals surface area contributed by atoms with E-state index in [0.29, 0.717) is 12.5 Å². The molecule has 2 heterocycles. The topological polar surface area (TPSA) is 35.6 Å². The van der Waals surface area contributed by atoms with Crippen LogP contribution in [0.25, 0.3) is 0 Å². The molecule has 4 rings (SSSR count). The summed E-state index contributed by atoms with van der Waals surface area (Å²) in [5.74, 6) is 0.258. The van der Waals surface area contributed by atoms with Crippen LogP contribution in [0.4, 0.5) is 15.8 Å². The predicted octanol–water partition coefficient (Wildman–Crippen LogP) is 3.47. The van der Waals surface area contributed by atoms with Crippen LogP contribution in [0.15, 0.2) is 48.5 Å². The van der Waals surface area contributed by atoms with Crippen molar-refractivity contribution in [1.29, 1.82) is 0 Å². The van der Waals surface area contributed by atoms with E-state index >= 15 is 0 Å². The maximum Gasteiger partial charge on any atom is 0.225 e. The van der Waals surface area contributed by atoms with Crippen molar-refractivity contribution >= 4 is 17.3 Å². The van der Waals surface area contributed by atoms with E-state index in [9.17, 15) is 9.18 Å². The van der Waals surface area contributed by atoms with Crippen molar-refractivity contribution in [3.8, 4) is 0 Å². The predicted molar refractivity (Wildman–Crippen MR) is 111 cm³/mol. The number of amides is 1. The van der Waals surface area contributed by atoms with E-state index in [2.05, 4.69) is 53.2 Å². The van der Waals surface area contributed by atoms with E-state index in [-0.39, 0.29) is 23.7 Å². The summed E-state index contributed by atoms with van der Waals surface area (Å²) in [7, 11) is 0. The SMILES string of the molecule is CC(C)CNC(=O)[C@@H]1Cc2ccccc2N2CCN(c3ccc(F)cc3)C[C@@H]12. The molecule has 1 amide bonds. The van der Waals surface area contributed by atoms with Gasteiger partial charge in [0.05, 0.1) is 12.0 Å². The number of hydrogen-bond acceptors (Lipinski definition) is 3. The monoisotopic (exact) mass is 381 g/mol. The second-order valence-corrected chi connectivity index (χ2v) is 8.26. The maximum absolute atomic E-state index is 13.3. The highest BCUT2D eigenvalue weighted by Gasteiger charge is 2.41. The Labute approximate surface area is 166 Å². The zero-order chi connectivity index (χ0) is 19.7. The van der Waals surface area contributed by atoms with Crippen LogP contribution >= 0.6 is 0 Å². The van der Waals surface area contributed by atoms with Crippen LogP contribution < -0.4 is 15.1 Å². The first-order chi connectivity index (χ1) is 13.5. The van der Waals surface area contributed by atoms with Gasteiger partial charge < -0.3 is 15.1 Å². The lowest BCUT2D eigenvalue weighted by molar-refractivity contribution is -0.126.